The van der Waals surface area contributed by atoms with Gasteiger partial charge in [0, 0.05) is 35.9 Å². The molecule has 3 aromatic rings. The molecule has 0 aliphatic rings. The molecule has 28 heavy (non-hydrogen) atoms. The summed E-state index contributed by atoms with van der Waals surface area (Å²) in [5, 5.41) is 5.54. The van der Waals surface area contributed by atoms with Crippen LogP contribution in [0.2, 0.25) is 10.0 Å². The average Bonchev–Trinajstić information content (AvgIpc) is 2.97. The molecule has 0 spiro atoms. The van der Waals surface area contributed by atoms with Crippen LogP contribution >= 0.6 is 23.2 Å². The smallest absolute Gasteiger partial charge is 0.260 e. The van der Waals surface area contributed by atoms with Gasteiger partial charge in [0.15, 0.2) is 6.61 Å². The van der Waals surface area contributed by atoms with Crippen LogP contribution in [0.25, 0.3) is 5.69 Å². The molecule has 1 heterocycles. The number of rotatable bonds is 6. The molecule has 0 aliphatic heterocycles. The molecule has 7 heteroatoms. The quantitative estimate of drug-likeness (QED) is 0.576. The second-order valence-electron chi connectivity index (χ2n) is 6.51. The molecule has 0 radical (unpaired) electrons. The molecule has 1 amide bonds. The van der Waals surface area contributed by atoms with Crippen LogP contribution in [0.4, 0.5) is 0 Å². The molecule has 0 fully saturated rings. The third kappa shape index (κ3) is 4.49. The maximum absolute atomic E-state index is 12.5. The Morgan fingerprint density at radius 3 is 2.57 bits per heavy atom. The van der Waals surface area contributed by atoms with Crippen LogP contribution in [-0.2, 0) is 11.3 Å². The summed E-state index contributed by atoms with van der Waals surface area (Å²) in [4.78, 5) is 14.1. The summed E-state index contributed by atoms with van der Waals surface area (Å²) in [6, 6.07) is 14.8. The minimum atomic E-state index is -0.165. The molecule has 0 saturated heterocycles. The first-order chi connectivity index (χ1) is 13.4. The lowest BCUT2D eigenvalue weighted by Crippen LogP contribution is -2.31. The fourth-order valence-electron chi connectivity index (χ4n) is 2.89. The van der Waals surface area contributed by atoms with Crippen LogP contribution in [0.3, 0.4) is 0 Å². The highest BCUT2D eigenvalue weighted by molar-refractivity contribution is 6.34. The lowest BCUT2D eigenvalue weighted by Gasteiger charge is -2.18. The number of benzene rings is 2. The van der Waals surface area contributed by atoms with Crippen molar-refractivity contribution in [2.24, 2.45) is 0 Å². The summed E-state index contributed by atoms with van der Waals surface area (Å²) in [5.41, 5.74) is 3.89. The first-order valence-corrected chi connectivity index (χ1v) is 9.54. The van der Waals surface area contributed by atoms with Gasteiger partial charge in [-0.05, 0) is 38.1 Å². The highest BCUT2D eigenvalue weighted by Gasteiger charge is 2.18. The van der Waals surface area contributed by atoms with E-state index in [1.807, 2.05) is 48.9 Å². The van der Waals surface area contributed by atoms with Gasteiger partial charge in [-0.15, -0.1) is 0 Å². The second-order valence-corrected chi connectivity index (χ2v) is 7.35. The number of para-hydroxylation sites is 1. The van der Waals surface area contributed by atoms with E-state index in [0.29, 0.717) is 22.3 Å². The Labute approximate surface area is 174 Å². The summed E-state index contributed by atoms with van der Waals surface area (Å²) in [5.74, 6) is 0.225. The van der Waals surface area contributed by atoms with E-state index in [1.54, 1.807) is 30.1 Å². The summed E-state index contributed by atoms with van der Waals surface area (Å²) in [6.07, 6.45) is 0. The highest BCUT2D eigenvalue weighted by atomic mass is 35.5. The van der Waals surface area contributed by atoms with Crippen molar-refractivity contribution in [1.29, 1.82) is 0 Å². The third-order valence-corrected chi connectivity index (χ3v) is 5.05. The molecular weight excluding hydrogens is 397 g/mol. The third-order valence-electron chi connectivity index (χ3n) is 4.51. The van der Waals surface area contributed by atoms with Crippen LogP contribution in [0, 0.1) is 13.8 Å². The lowest BCUT2D eigenvalue weighted by atomic mass is 10.2. The van der Waals surface area contributed by atoms with Crippen molar-refractivity contribution >= 4 is 29.1 Å². The fraction of sp³-hybridized carbons (Fsp3) is 0.238. The van der Waals surface area contributed by atoms with Crippen molar-refractivity contribution in [1.82, 2.24) is 14.7 Å². The molecular formula is C21H21Cl2N3O2. The minimum absolute atomic E-state index is 0.124. The van der Waals surface area contributed by atoms with E-state index in [2.05, 4.69) is 5.10 Å². The first-order valence-electron chi connectivity index (χ1n) is 8.79. The number of aromatic nitrogens is 2. The maximum Gasteiger partial charge on any atom is 0.260 e. The Kier molecular flexibility index (Phi) is 6.27. The molecule has 2 aromatic carbocycles. The van der Waals surface area contributed by atoms with Gasteiger partial charge in [-0.3, -0.25) is 4.79 Å². The number of halogens is 2. The van der Waals surface area contributed by atoms with Crippen molar-refractivity contribution in [3.63, 3.8) is 0 Å². The van der Waals surface area contributed by atoms with E-state index < -0.39 is 0 Å². The van der Waals surface area contributed by atoms with Gasteiger partial charge < -0.3 is 9.64 Å². The van der Waals surface area contributed by atoms with Crippen LogP contribution in [0.15, 0.2) is 48.5 Å². The topological polar surface area (TPSA) is 47.4 Å². The van der Waals surface area contributed by atoms with E-state index in [9.17, 15) is 4.79 Å². The Hall–Kier alpha value is -2.50. The summed E-state index contributed by atoms with van der Waals surface area (Å²) >= 11 is 12.0. The normalized spacial score (nSPS) is 10.8. The van der Waals surface area contributed by atoms with Crippen LogP contribution in [-0.4, -0.2) is 34.2 Å². The molecule has 0 N–H and O–H groups in total. The number of aryl methyl sites for hydroxylation is 1. The number of carbonyl (C=O) groups excluding carboxylic acids is 1. The number of nitrogens with zero attached hydrogens (tertiary/aromatic N) is 3. The number of ether oxygens (including phenoxy) is 1. The minimum Gasteiger partial charge on any atom is -0.482 e. The van der Waals surface area contributed by atoms with Crippen LogP contribution < -0.4 is 4.74 Å². The molecule has 146 valence electrons. The van der Waals surface area contributed by atoms with Gasteiger partial charge in [-0.25, -0.2) is 4.68 Å². The molecule has 0 bridgehead atoms. The number of carbonyl (C=O) groups is 1. The monoisotopic (exact) mass is 417 g/mol. The second kappa shape index (κ2) is 8.67. The van der Waals surface area contributed by atoms with Crippen molar-refractivity contribution < 1.29 is 9.53 Å². The van der Waals surface area contributed by atoms with Gasteiger partial charge in [0.25, 0.3) is 5.91 Å². The van der Waals surface area contributed by atoms with Crippen LogP contribution in [0.1, 0.15) is 17.0 Å². The van der Waals surface area contributed by atoms with E-state index in [0.717, 1.165) is 22.6 Å². The van der Waals surface area contributed by atoms with E-state index >= 15 is 0 Å². The molecule has 0 aliphatic carbocycles. The fourth-order valence-corrected chi connectivity index (χ4v) is 3.22. The largest absolute Gasteiger partial charge is 0.482 e. The zero-order valence-corrected chi connectivity index (χ0v) is 17.5. The zero-order chi connectivity index (χ0) is 20.3. The van der Waals surface area contributed by atoms with E-state index in [-0.39, 0.29) is 12.5 Å². The van der Waals surface area contributed by atoms with Gasteiger partial charge in [-0.1, -0.05) is 41.4 Å². The van der Waals surface area contributed by atoms with E-state index in [4.69, 9.17) is 27.9 Å². The first kappa shape index (κ1) is 20.2. The van der Waals surface area contributed by atoms with Crippen molar-refractivity contribution in [2.75, 3.05) is 13.7 Å². The number of likely N-dealkylation sites (N-methyl/N-ethyl adjacent to an activating group) is 1. The summed E-state index contributed by atoms with van der Waals surface area (Å²) in [7, 11) is 1.74. The highest BCUT2D eigenvalue weighted by Crippen LogP contribution is 2.27. The van der Waals surface area contributed by atoms with Gasteiger partial charge in [0.2, 0.25) is 0 Å². The average molecular weight is 418 g/mol. The van der Waals surface area contributed by atoms with Crippen LogP contribution in [0.5, 0.6) is 5.75 Å². The number of amides is 1. The SMILES string of the molecule is Cc1nn(-c2ccccc2)c(C)c1CN(C)C(=O)COc1cc(Cl)ccc1Cl. The van der Waals surface area contributed by atoms with Gasteiger partial charge >= 0.3 is 0 Å². The van der Waals surface area contributed by atoms with Crippen molar-refractivity contribution in [3.8, 4) is 11.4 Å². The standard InChI is InChI=1S/C21H21Cl2N3O2/c1-14-18(15(2)26(24-14)17-7-5-4-6-8-17)12-25(3)21(27)13-28-20-11-16(22)9-10-19(20)23/h4-11H,12-13H2,1-3H3. The molecule has 1 aromatic heterocycles. The summed E-state index contributed by atoms with van der Waals surface area (Å²) in [6.45, 7) is 4.27. The Bertz CT molecular complexity index is 987. The maximum atomic E-state index is 12.5. The predicted octanol–water partition coefficient (Wildman–Crippen LogP) is 4.83. The Morgan fingerprint density at radius 2 is 1.86 bits per heavy atom. The lowest BCUT2D eigenvalue weighted by molar-refractivity contribution is -0.132. The predicted molar refractivity (Wildman–Crippen MR) is 111 cm³/mol. The molecule has 0 atom stereocenters. The Balaban J connectivity index is 1.69. The zero-order valence-electron chi connectivity index (χ0n) is 15.9. The molecule has 3 rings (SSSR count). The van der Waals surface area contributed by atoms with Gasteiger partial charge in [0.1, 0.15) is 5.75 Å². The van der Waals surface area contributed by atoms with Crippen molar-refractivity contribution in [3.05, 3.63) is 75.5 Å². The summed E-state index contributed by atoms with van der Waals surface area (Å²) < 4.78 is 7.44. The van der Waals surface area contributed by atoms with Gasteiger partial charge in [0.05, 0.1) is 16.4 Å². The number of hydrogen-bond donors (Lipinski definition) is 0. The molecule has 0 saturated carbocycles. The number of hydrogen-bond acceptors (Lipinski definition) is 3. The molecule has 0 unspecified atom stereocenters. The van der Waals surface area contributed by atoms with Crippen molar-refractivity contribution in [2.45, 2.75) is 20.4 Å². The van der Waals surface area contributed by atoms with E-state index in [1.165, 1.54) is 0 Å². The Morgan fingerprint density at radius 1 is 1.14 bits per heavy atom. The van der Waals surface area contributed by atoms with Gasteiger partial charge in [-0.2, -0.15) is 5.10 Å². The molecule has 5 nitrogen and oxygen atoms in total.